The summed E-state index contributed by atoms with van der Waals surface area (Å²) in [6.45, 7) is 8.23. The molecule has 0 spiro atoms. The Morgan fingerprint density at radius 2 is 1.84 bits per heavy atom. The van der Waals surface area contributed by atoms with Crippen LogP contribution < -0.4 is 10.6 Å². The van der Waals surface area contributed by atoms with Crippen LogP contribution in [-0.4, -0.2) is 57.1 Å². The number of fused-ring (bicyclic) bond motifs is 1. The van der Waals surface area contributed by atoms with Crippen molar-refractivity contribution < 1.29 is 29.3 Å². The third-order valence-corrected chi connectivity index (χ3v) is 4.61. The lowest BCUT2D eigenvalue weighted by Gasteiger charge is -2.25. The van der Waals surface area contributed by atoms with Gasteiger partial charge in [-0.2, -0.15) is 0 Å². The van der Waals surface area contributed by atoms with Gasteiger partial charge < -0.3 is 30.6 Å². The molecule has 0 saturated heterocycles. The third kappa shape index (κ3) is 7.42. The summed E-state index contributed by atoms with van der Waals surface area (Å²) in [7, 11) is 0. The summed E-state index contributed by atoms with van der Waals surface area (Å²) in [6.07, 6.45) is 3.27. The average molecular weight is 446 g/mol. The van der Waals surface area contributed by atoms with Crippen LogP contribution in [0.2, 0.25) is 0 Å². The molecule has 0 aliphatic heterocycles. The number of ketones is 1. The molecule has 0 aliphatic carbocycles. The van der Waals surface area contributed by atoms with E-state index in [4.69, 9.17) is 4.74 Å². The first-order chi connectivity index (χ1) is 14.9. The van der Waals surface area contributed by atoms with Crippen molar-refractivity contribution >= 4 is 28.6 Å². The first kappa shape index (κ1) is 24.9. The third-order valence-electron chi connectivity index (χ3n) is 4.61. The van der Waals surface area contributed by atoms with Gasteiger partial charge in [0.05, 0.1) is 12.2 Å². The largest absolute Gasteiger partial charge is 0.508 e. The predicted octanol–water partition coefficient (Wildman–Crippen LogP) is 2.25. The van der Waals surface area contributed by atoms with Crippen LogP contribution in [-0.2, 0) is 25.5 Å². The number of phenols is 1. The van der Waals surface area contributed by atoms with E-state index in [0.717, 1.165) is 16.5 Å². The van der Waals surface area contributed by atoms with Crippen LogP contribution in [0.25, 0.3) is 10.9 Å². The van der Waals surface area contributed by atoms with Crippen LogP contribution in [0.3, 0.4) is 0 Å². The molecule has 9 heteroatoms. The molecule has 2 atom stereocenters. The number of carbonyl (C=O) groups excluding carboxylic acids is 2. The smallest absolute Gasteiger partial charge is 0.328 e. The number of benzene rings is 1. The summed E-state index contributed by atoms with van der Waals surface area (Å²) in [6, 6.07) is 2.75. The number of carbonyl (C=O) groups is 3. The van der Waals surface area contributed by atoms with Gasteiger partial charge in [0.2, 0.25) is 5.91 Å². The molecule has 1 aromatic heterocycles. The number of H-pyrrole nitrogens is 1. The highest BCUT2D eigenvalue weighted by Crippen LogP contribution is 2.24. The number of phenolic OH excluding ortho intramolecular Hbond substituents is 1. The number of aromatic nitrogens is 1. The molecule has 2 rings (SSSR count). The van der Waals surface area contributed by atoms with E-state index < -0.39 is 29.6 Å². The van der Waals surface area contributed by atoms with Crippen LogP contribution in [0.5, 0.6) is 5.75 Å². The summed E-state index contributed by atoms with van der Waals surface area (Å²) in [4.78, 5) is 39.3. The zero-order valence-electron chi connectivity index (χ0n) is 19.0. The summed E-state index contributed by atoms with van der Waals surface area (Å²) < 4.78 is 5.54. The molecule has 1 aromatic carbocycles. The van der Waals surface area contributed by atoms with Crippen molar-refractivity contribution in [2.75, 3.05) is 6.61 Å². The number of aromatic hydroxyl groups is 1. The van der Waals surface area contributed by atoms with Crippen molar-refractivity contribution in [3.63, 3.8) is 0 Å². The molecule has 174 valence electrons. The molecule has 2 aromatic rings. The van der Waals surface area contributed by atoms with Gasteiger partial charge in [-0.05, 0) is 64.5 Å². The van der Waals surface area contributed by atoms with E-state index in [1.165, 1.54) is 13.0 Å². The Hall–Kier alpha value is -3.33. The van der Waals surface area contributed by atoms with Gasteiger partial charge >= 0.3 is 5.97 Å². The quantitative estimate of drug-likeness (QED) is 0.353. The SMILES string of the molecule is CC(=O)C=C(C)N[C@@H](Cc1c[nH]c2ccc(O)cc12)C(=O)N[C@@H](COC(C)(C)C)C(=O)O. The van der Waals surface area contributed by atoms with Crippen LogP contribution >= 0.6 is 0 Å². The maximum atomic E-state index is 13.1. The topological polar surface area (TPSA) is 141 Å². The number of hydrogen-bond acceptors (Lipinski definition) is 6. The molecule has 5 N–H and O–H groups in total. The Morgan fingerprint density at radius 3 is 2.44 bits per heavy atom. The second-order valence-electron chi connectivity index (χ2n) is 8.71. The second kappa shape index (κ2) is 10.3. The van der Waals surface area contributed by atoms with Gasteiger partial charge in [0.15, 0.2) is 11.8 Å². The van der Waals surface area contributed by atoms with Crippen molar-refractivity contribution in [2.24, 2.45) is 0 Å². The first-order valence-electron chi connectivity index (χ1n) is 10.3. The number of carboxylic acid groups (broad SMARTS) is 1. The molecule has 9 nitrogen and oxygen atoms in total. The van der Waals surface area contributed by atoms with E-state index in [-0.39, 0.29) is 24.6 Å². The van der Waals surface area contributed by atoms with Crippen molar-refractivity contribution in [3.8, 4) is 5.75 Å². The van der Waals surface area contributed by atoms with E-state index in [1.807, 2.05) is 0 Å². The molecular formula is C23H31N3O6. The highest BCUT2D eigenvalue weighted by Gasteiger charge is 2.28. The molecular weight excluding hydrogens is 414 g/mol. The van der Waals surface area contributed by atoms with Crippen LogP contribution in [0.15, 0.2) is 36.2 Å². The molecule has 0 saturated carbocycles. The van der Waals surface area contributed by atoms with Crippen LogP contribution in [0.1, 0.15) is 40.2 Å². The molecule has 0 fully saturated rings. The van der Waals surface area contributed by atoms with Gasteiger partial charge in [-0.25, -0.2) is 4.79 Å². The first-order valence-corrected chi connectivity index (χ1v) is 10.3. The highest BCUT2D eigenvalue weighted by molar-refractivity contribution is 5.90. The number of carboxylic acids is 1. The summed E-state index contributed by atoms with van der Waals surface area (Å²) in [5.74, 6) is -1.87. The normalized spacial score (nSPS) is 14.1. The molecule has 0 unspecified atom stereocenters. The van der Waals surface area contributed by atoms with Crippen LogP contribution in [0.4, 0.5) is 0 Å². The Bertz CT molecular complexity index is 1020. The predicted molar refractivity (Wildman–Crippen MR) is 120 cm³/mol. The van der Waals surface area contributed by atoms with Crippen molar-refractivity contribution in [2.45, 2.75) is 58.7 Å². The van der Waals surface area contributed by atoms with Gasteiger partial charge in [0.1, 0.15) is 11.8 Å². The molecule has 0 aliphatic rings. The number of ether oxygens (including phenoxy) is 1. The Labute approximate surface area is 186 Å². The van der Waals surface area contributed by atoms with E-state index in [0.29, 0.717) is 5.70 Å². The van der Waals surface area contributed by atoms with Crippen molar-refractivity contribution in [1.82, 2.24) is 15.6 Å². The van der Waals surface area contributed by atoms with Gasteiger partial charge in [0.25, 0.3) is 0 Å². The number of hydrogen-bond donors (Lipinski definition) is 5. The van der Waals surface area contributed by atoms with E-state index in [9.17, 15) is 24.6 Å². The fourth-order valence-electron chi connectivity index (χ4n) is 3.17. The van der Waals surface area contributed by atoms with Gasteiger partial charge in [0, 0.05) is 29.2 Å². The fourth-order valence-corrected chi connectivity index (χ4v) is 3.17. The maximum Gasteiger partial charge on any atom is 0.328 e. The minimum atomic E-state index is -1.24. The number of amides is 1. The molecule has 0 bridgehead atoms. The minimum Gasteiger partial charge on any atom is -0.508 e. The highest BCUT2D eigenvalue weighted by atomic mass is 16.5. The van der Waals surface area contributed by atoms with Crippen molar-refractivity contribution in [1.29, 1.82) is 0 Å². The monoisotopic (exact) mass is 445 g/mol. The fraction of sp³-hybridized carbons (Fsp3) is 0.435. The average Bonchev–Trinajstić information content (AvgIpc) is 3.04. The lowest BCUT2D eigenvalue weighted by molar-refractivity contribution is -0.145. The zero-order valence-corrected chi connectivity index (χ0v) is 19.0. The number of aliphatic carboxylic acids is 1. The van der Waals surface area contributed by atoms with Gasteiger partial charge in [-0.1, -0.05) is 0 Å². The minimum absolute atomic E-state index is 0.0882. The van der Waals surface area contributed by atoms with E-state index in [1.54, 1.807) is 52.1 Å². The summed E-state index contributed by atoms with van der Waals surface area (Å²) in [5, 5.41) is 25.6. The molecule has 1 amide bonds. The molecule has 1 heterocycles. The summed E-state index contributed by atoms with van der Waals surface area (Å²) in [5.41, 5.74) is 1.44. The summed E-state index contributed by atoms with van der Waals surface area (Å²) >= 11 is 0. The lowest BCUT2D eigenvalue weighted by Crippen LogP contribution is -2.52. The van der Waals surface area contributed by atoms with Gasteiger partial charge in [-0.3, -0.25) is 9.59 Å². The maximum absolute atomic E-state index is 13.1. The molecule has 0 radical (unpaired) electrons. The second-order valence-corrected chi connectivity index (χ2v) is 8.71. The zero-order chi connectivity index (χ0) is 24.1. The number of aromatic amines is 1. The number of nitrogens with one attached hydrogen (secondary N) is 3. The van der Waals surface area contributed by atoms with E-state index >= 15 is 0 Å². The molecule has 32 heavy (non-hydrogen) atoms. The standard InChI is InChI=1S/C23H31N3O6/c1-13(8-14(2)27)25-19(9-15-11-24-18-7-6-16(28)10-17(15)18)21(29)26-20(22(30)31)12-32-23(3,4)5/h6-8,10-11,19-20,24-25,28H,9,12H2,1-5H3,(H,26,29)(H,30,31)/t19-,20-/m0/s1. The Balaban J connectivity index is 2.28. The van der Waals surface area contributed by atoms with Crippen LogP contribution in [0, 0.1) is 0 Å². The Kier molecular flexibility index (Phi) is 8.04. The lowest BCUT2D eigenvalue weighted by atomic mass is 10.0. The van der Waals surface area contributed by atoms with Crippen molar-refractivity contribution in [3.05, 3.63) is 41.7 Å². The number of rotatable bonds is 10. The van der Waals surface area contributed by atoms with Gasteiger partial charge in [-0.15, -0.1) is 0 Å². The van der Waals surface area contributed by atoms with E-state index in [2.05, 4.69) is 15.6 Å². The Morgan fingerprint density at radius 1 is 1.16 bits per heavy atom. The number of allylic oxidation sites excluding steroid dienone is 2.